The Labute approximate surface area is 111 Å². The Morgan fingerprint density at radius 1 is 1.56 bits per heavy atom. The van der Waals surface area contributed by atoms with Gasteiger partial charge in [-0.15, -0.1) is 0 Å². The summed E-state index contributed by atoms with van der Waals surface area (Å²) >= 11 is 5.94. The quantitative estimate of drug-likeness (QED) is 0.583. The van der Waals surface area contributed by atoms with Crippen LogP contribution in [-0.2, 0) is 9.53 Å². The van der Waals surface area contributed by atoms with Gasteiger partial charge < -0.3 is 15.4 Å². The monoisotopic (exact) mass is 272 g/mol. The molecule has 0 aliphatic heterocycles. The Balaban J connectivity index is 2.37. The van der Waals surface area contributed by atoms with E-state index >= 15 is 0 Å². The Bertz CT molecular complexity index is 401. The van der Waals surface area contributed by atoms with E-state index in [1.54, 1.807) is 14.0 Å². The van der Waals surface area contributed by atoms with Crippen molar-refractivity contribution in [2.45, 2.75) is 19.8 Å². The minimum atomic E-state index is -0.191. The molecule has 1 aromatic heterocycles. The van der Waals surface area contributed by atoms with Gasteiger partial charge in [-0.1, -0.05) is 11.6 Å². The van der Waals surface area contributed by atoms with Gasteiger partial charge in [0.2, 0.25) is 5.95 Å². The first-order valence-corrected chi connectivity index (χ1v) is 6.15. The molecule has 0 fully saturated rings. The normalized spacial score (nSPS) is 9.94. The number of carbonyl (C=O) groups excluding carboxylic acids is 1. The summed E-state index contributed by atoms with van der Waals surface area (Å²) in [5, 5.41) is 6.33. The van der Waals surface area contributed by atoms with E-state index in [1.807, 2.05) is 0 Å². The van der Waals surface area contributed by atoms with E-state index in [1.165, 1.54) is 6.20 Å². The van der Waals surface area contributed by atoms with Crippen LogP contribution >= 0.6 is 11.6 Å². The molecule has 6 nitrogen and oxygen atoms in total. The van der Waals surface area contributed by atoms with Gasteiger partial charge in [-0.3, -0.25) is 4.79 Å². The fourth-order valence-corrected chi connectivity index (χ4v) is 1.44. The number of ether oxygens (including phenoxy) is 1. The summed E-state index contributed by atoms with van der Waals surface area (Å²) in [6.07, 6.45) is 2.56. The molecule has 100 valence electrons. The van der Waals surface area contributed by atoms with Crippen LogP contribution in [0.1, 0.15) is 19.8 Å². The maximum Gasteiger partial charge on any atom is 0.305 e. The van der Waals surface area contributed by atoms with Gasteiger partial charge in [0.1, 0.15) is 10.8 Å². The summed E-state index contributed by atoms with van der Waals surface area (Å²) in [6.45, 7) is 2.80. The number of esters is 1. The molecule has 7 heteroatoms. The van der Waals surface area contributed by atoms with E-state index in [-0.39, 0.29) is 5.97 Å². The Morgan fingerprint density at radius 2 is 2.33 bits per heavy atom. The molecule has 1 aromatic rings. The number of hydrogen-bond donors (Lipinski definition) is 2. The van der Waals surface area contributed by atoms with E-state index < -0.39 is 0 Å². The van der Waals surface area contributed by atoms with Crippen LogP contribution in [0.2, 0.25) is 5.02 Å². The van der Waals surface area contributed by atoms with Crippen LogP contribution in [0.4, 0.5) is 11.8 Å². The molecular weight excluding hydrogens is 256 g/mol. The van der Waals surface area contributed by atoms with Crippen LogP contribution in [0.3, 0.4) is 0 Å². The summed E-state index contributed by atoms with van der Waals surface area (Å²) in [4.78, 5) is 19.2. The Hall–Kier alpha value is -1.56. The molecule has 0 saturated heterocycles. The third-order valence-electron chi connectivity index (χ3n) is 2.12. The zero-order valence-corrected chi connectivity index (χ0v) is 11.3. The second-order valence-corrected chi connectivity index (χ2v) is 3.88. The highest BCUT2D eigenvalue weighted by Crippen LogP contribution is 2.19. The van der Waals surface area contributed by atoms with Crippen molar-refractivity contribution >= 4 is 29.3 Å². The molecule has 18 heavy (non-hydrogen) atoms. The molecule has 2 N–H and O–H groups in total. The number of nitrogens with one attached hydrogen (secondary N) is 2. The summed E-state index contributed by atoms with van der Waals surface area (Å²) in [7, 11) is 1.73. The smallest absolute Gasteiger partial charge is 0.305 e. The topological polar surface area (TPSA) is 76.1 Å². The number of carbonyl (C=O) groups is 1. The molecule has 0 radical (unpaired) electrons. The average molecular weight is 273 g/mol. The zero-order chi connectivity index (χ0) is 13.4. The fourth-order valence-electron chi connectivity index (χ4n) is 1.28. The number of halogens is 1. The first-order chi connectivity index (χ1) is 8.67. The first-order valence-electron chi connectivity index (χ1n) is 5.77. The molecule has 0 bridgehead atoms. The summed E-state index contributed by atoms with van der Waals surface area (Å²) in [5.74, 6) is 0.858. The third-order valence-corrected chi connectivity index (χ3v) is 2.40. The highest BCUT2D eigenvalue weighted by atomic mass is 35.5. The third kappa shape index (κ3) is 4.75. The molecule has 0 spiro atoms. The lowest BCUT2D eigenvalue weighted by molar-refractivity contribution is -0.143. The van der Waals surface area contributed by atoms with Crippen LogP contribution in [0.15, 0.2) is 6.20 Å². The molecular formula is C11H17ClN4O2. The number of rotatable bonds is 7. The van der Waals surface area contributed by atoms with Gasteiger partial charge in [0.15, 0.2) is 0 Å². The van der Waals surface area contributed by atoms with Crippen molar-refractivity contribution in [2.24, 2.45) is 0 Å². The highest BCUT2D eigenvalue weighted by molar-refractivity contribution is 6.32. The largest absolute Gasteiger partial charge is 0.466 e. The first kappa shape index (κ1) is 14.5. The minimum absolute atomic E-state index is 0.191. The maximum absolute atomic E-state index is 11.1. The van der Waals surface area contributed by atoms with Gasteiger partial charge in [0, 0.05) is 20.0 Å². The van der Waals surface area contributed by atoms with Gasteiger partial charge in [0.25, 0.3) is 0 Å². The summed E-state index contributed by atoms with van der Waals surface area (Å²) in [5.41, 5.74) is 0. The van der Waals surface area contributed by atoms with Crippen molar-refractivity contribution in [3.63, 3.8) is 0 Å². The number of anilines is 2. The predicted octanol–water partition coefficient (Wildman–Crippen LogP) is 1.93. The van der Waals surface area contributed by atoms with Crippen molar-refractivity contribution < 1.29 is 9.53 Å². The van der Waals surface area contributed by atoms with Crippen LogP contribution in [-0.4, -0.2) is 36.1 Å². The van der Waals surface area contributed by atoms with E-state index in [2.05, 4.69) is 20.6 Å². The lowest BCUT2D eigenvalue weighted by Gasteiger charge is -2.08. The summed E-state index contributed by atoms with van der Waals surface area (Å²) < 4.78 is 4.83. The van der Waals surface area contributed by atoms with Crippen LogP contribution < -0.4 is 10.6 Å². The highest BCUT2D eigenvalue weighted by Gasteiger charge is 2.05. The molecule has 0 unspecified atom stereocenters. The molecule has 0 aliphatic rings. The van der Waals surface area contributed by atoms with Crippen molar-refractivity contribution in [1.82, 2.24) is 9.97 Å². The fraction of sp³-hybridized carbons (Fsp3) is 0.545. The predicted molar refractivity (Wildman–Crippen MR) is 70.9 cm³/mol. The Morgan fingerprint density at radius 3 is 3.00 bits per heavy atom. The van der Waals surface area contributed by atoms with Crippen LogP contribution in [0.5, 0.6) is 0 Å². The lowest BCUT2D eigenvalue weighted by atomic mass is 10.3. The Kier molecular flexibility index (Phi) is 6.21. The maximum atomic E-state index is 11.1. The zero-order valence-electron chi connectivity index (χ0n) is 10.5. The van der Waals surface area contributed by atoms with Gasteiger partial charge in [-0.25, -0.2) is 4.98 Å². The van der Waals surface area contributed by atoms with Crippen molar-refractivity contribution in [2.75, 3.05) is 30.8 Å². The summed E-state index contributed by atoms with van der Waals surface area (Å²) in [6, 6.07) is 0. The number of hydrogen-bond acceptors (Lipinski definition) is 6. The van der Waals surface area contributed by atoms with Gasteiger partial charge >= 0.3 is 5.97 Å². The van der Waals surface area contributed by atoms with Gasteiger partial charge in [0.05, 0.1) is 12.8 Å². The SMILES string of the molecule is CCOC(=O)CCCNc1nc(NC)ncc1Cl. The molecule has 0 saturated carbocycles. The minimum Gasteiger partial charge on any atom is -0.466 e. The average Bonchev–Trinajstić information content (AvgIpc) is 2.37. The van der Waals surface area contributed by atoms with E-state index in [0.717, 1.165) is 0 Å². The molecule has 1 rings (SSSR count). The van der Waals surface area contributed by atoms with E-state index in [4.69, 9.17) is 16.3 Å². The van der Waals surface area contributed by atoms with Crippen LogP contribution in [0.25, 0.3) is 0 Å². The van der Waals surface area contributed by atoms with E-state index in [9.17, 15) is 4.79 Å². The molecule has 0 amide bonds. The van der Waals surface area contributed by atoms with Gasteiger partial charge in [-0.05, 0) is 13.3 Å². The molecule has 0 aliphatic carbocycles. The molecule has 0 aromatic carbocycles. The second kappa shape index (κ2) is 7.71. The molecule has 0 atom stereocenters. The van der Waals surface area contributed by atoms with E-state index in [0.29, 0.717) is 42.8 Å². The van der Waals surface area contributed by atoms with Crippen molar-refractivity contribution in [1.29, 1.82) is 0 Å². The molecule has 1 heterocycles. The number of aromatic nitrogens is 2. The second-order valence-electron chi connectivity index (χ2n) is 3.48. The standard InChI is InChI=1S/C11H17ClN4O2/c1-3-18-9(17)5-4-6-14-10-8(12)7-15-11(13-2)16-10/h7H,3-6H2,1-2H3,(H2,13,14,15,16). The van der Waals surface area contributed by atoms with Gasteiger partial charge in [-0.2, -0.15) is 4.98 Å². The number of nitrogens with zero attached hydrogens (tertiary/aromatic N) is 2. The lowest BCUT2D eigenvalue weighted by Crippen LogP contribution is -2.10. The van der Waals surface area contributed by atoms with Crippen molar-refractivity contribution in [3.8, 4) is 0 Å². The van der Waals surface area contributed by atoms with Crippen molar-refractivity contribution in [3.05, 3.63) is 11.2 Å². The van der Waals surface area contributed by atoms with Crippen LogP contribution in [0, 0.1) is 0 Å².